The normalized spacial score (nSPS) is 27.6. The Morgan fingerprint density at radius 1 is 0.750 bits per heavy atom. The standard InChI is InChI=1S/C15H27P.C3H5.Pd/c1-2-8-13(7-1)16(14-9-3-4-10-14)15-11-5-6-12-15;1-3-2;/h13-15H,1-12H2;3H,1-2H2;/q;;-1/p+1. The summed E-state index contributed by atoms with van der Waals surface area (Å²) in [6.45, 7) is 4.08. The van der Waals surface area contributed by atoms with Gasteiger partial charge < -0.3 is 0 Å². The molecule has 0 N–H and O–H groups in total. The maximum absolute atomic E-state index is 4.08. The van der Waals surface area contributed by atoms with Crippen LogP contribution in [0.1, 0.15) is 77.0 Å². The molecule has 3 rings (SSSR count). The summed E-state index contributed by atoms with van der Waals surface area (Å²) >= 11 is 1.08. The molecule has 0 radical (unpaired) electrons. The third-order valence-corrected chi connectivity index (χ3v) is 22.0. The van der Waals surface area contributed by atoms with Crippen molar-refractivity contribution in [1.29, 1.82) is 0 Å². The summed E-state index contributed by atoms with van der Waals surface area (Å²) in [6, 6.07) is 0. The van der Waals surface area contributed by atoms with E-state index in [-0.39, 0.29) is 0 Å². The van der Waals surface area contributed by atoms with E-state index in [4.69, 9.17) is 0 Å². The van der Waals surface area contributed by atoms with Crippen LogP contribution in [0.2, 0.25) is 4.89 Å². The summed E-state index contributed by atoms with van der Waals surface area (Å²) in [4.78, 5) is 1.38. The minimum atomic E-state index is -1.04. The summed E-state index contributed by atoms with van der Waals surface area (Å²) < 4.78 is 0. The zero-order valence-electron chi connectivity index (χ0n) is 13.0. The third-order valence-electron chi connectivity index (χ3n) is 6.22. The van der Waals surface area contributed by atoms with Crippen molar-refractivity contribution in [2.75, 3.05) is 0 Å². The van der Waals surface area contributed by atoms with E-state index in [9.17, 15) is 0 Å². The average Bonchev–Trinajstić information content (AvgIpc) is 3.23. The van der Waals surface area contributed by atoms with Crippen LogP contribution < -0.4 is 0 Å². The molecule has 2 heteroatoms. The van der Waals surface area contributed by atoms with Gasteiger partial charge in [-0.25, -0.2) is 0 Å². The van der Waals surface area contributed by atoms with Gasteiger partial charge in [0.15, 0.2) is 0 Å². The molecular weight excluding hydrogens is 354 g/mol. The zero-order chi connectivity index (χ0) is 13.8. The summed E-state index contributed by atoms with van der Waals surface area (Å²) in [5.41, 5.74) is 2.64. The summed E-state index contributed by atoms with van der Waals surface area (Å²) in [5, 5.41) is 0. The van der Waals surface area contributed by atoms with E-state index < -0.39 is 5.45 Å². The second-order valence-electron chi connectivity index (χ2n) is 7.25. The molecule has 120 valence electrons. The van der Waals surface area contributed by atoms with Gasteiger partial charge in [-0.15, -0.1) is 0 Å². The molecule has 0 amide bonds. The van der Waals surface area contributed by atoms with Crippen LogP contribution in [0.3, 0.4) is 0 Å². The molecule has 0 saturated heterocycles. The van der Waals surface area contributed by atoms with Crippen molar-refractivity contribution in [3.8, 4) is 0 Å². The van der Waals surface area contributed by atoms with E-state index in [1.807, 2.05) is 0 Å². The Bertz CT molecular complexity index is 269. The maximum atomic E-state index is 4.08. The van der Waals surface area contributed by atoms with Crippen molar-refractivity contribution in [3.63, 3.8) is 0 Å². The second kappa shape index (κ2) is 7.40. The van der Waals surface area contributed by atoms with Gasteiger partial charge in [-0.05, 0) is 0 Å². The van der Waals surface area contributed by atoms with Crippen molar-refractivity contribution in [1.82, 2.24) is 0 Å². The molecule has 0 aromatic heterocycles. The van der Waals surface area contributed by atoms with Gasteiger partial charge in [-0.1, -0.05) is 0 Å². The fourth-order valence-electron chi connectivity index (χ4n) is 5.48. The third kappa shape index (κ3) is 2.98. The molecule has 0 spiro atoms. The van der Waals surface area contributed by atoms with Crippen LogP contribution in [-0.2, 0) is 17.5 Å². The molecule has 3 saturated carbocycles. The average molecular weight is 387 g/mol. The van der Waals surface area contributed by atoms with E-state index in [0.29, 0.717) is 0 Å². The zero-order valence-corrected chi connectivity index (χ0v) is 15.6. The van der Waals surface area contributed by atoms with E-state index in [2.05, 4.69) is 12.7 Å². The quantitative estimate of drug-likeness (QED) is 0.291. The van der Waals surface area contributed by atoms with Crippen molar-refractivity contribution < 1.29 is 17.5 Å². The summed E-state index contributed by atoms with van der Waals surface area (Å²) in [7, 11) is 0. The topological polar surface area (TPSA) is 0 Å². The van der Waals surface area contributed by atoms with E-state index in [1.165, 1.54) is 21.9 Å². The molecule has 0 bridgehead atoms. The fraction of sp³-hybridized carbons (Fsp3) is 0.889. The fourth-order valence-corrected chi connectivity index (χ4v) is 22.5. The Morgan fingerprint density at radius 3 is 1.40 bits per heavy atom. The monoisotopic (exact) mass is 386 g/mol. The van der Waals surface area contributed by atoms with Crippen LogP contribution in [0, 0.1) is 0 Å². The van der Waals surface area contributed by atoms with Crippen LogP contribution in [0.5, 0.6) is 0 Å². The molecule has 0 heterocycles. The molecule has 3 fully saturated rings. The molecule has 3 aliphatic rings. The first-order chi connectivity index (χ1) is 9.88. The molecule has 0 atom stereocenters. The van der Waals surface area contributed by atoms with Gasteiger partial charge in [0.2, 0.25) is 0 Å². The number of hydrogen-bond acceptors (Lipinski definition) is 0. The van der Waals surface area contributed by atoms with Gasteiger partial charge in [0.25, 0.3) is 0 Å². The SMILES string of the molecule is C=C[CH2][Pd][PH](C1CCCC1)(C1CCCC1)C1CCCC1. The summed E-state index contributed by atoms with van der Waals surface area (Å²) in [6.07, 6.45) is 21.3. The van der Waals surface area contributed by atoms with Crippen LogP contribution in [0.4, 0.5) is 0 Å². The van der Waals surface area contributed by atoms with Crippen molar-refractivity contribution >= 4 is 5.45 Å². The van der Waals surface area contributed by atoms with Crippen LogP contribution in [0.25, 0.3) is 0 Å². The van der Waals surface area contributed by atoms with Crippen molar-refractivity contribution in [2.24, 2.45) is 0 Å². The number of rotatable bonds is 6. The number of allylic oxidation sites excluding steroid dienone is 1. The molecule has 0 aliphatic heterocycles. The van der Waals surface area contributed by atoms with Crippen LogP contribution in [-0.4, -0.2) is 17.0 Å². The van der Waals surface area contributed by atoms with E-state index in [0.717, 1.165) is 17.5 Å². The van der Waals surface area contributed by atoms with Crippen molar-refractivity contribution in [2.45, 2.75) is 98.9 Å². The first-order valence-corrected chi connectivity index (χ1v) is 14.5. The van der Waals surface area contributed by atoms with Gasteiger partial charge in [0.05, 0.1) is 0 Å². The second-order valence-corrected chi connectivity index (χ2v) is 17.8. The minimum absolute atomic E-state index is 1.04. The molecular formula is C18H33PPd. The van der Waals surface area contributed by atoms with Gasteiger partial charge >= 0.3 is 135 Å². The van der Waals surface area contributed by atoms with Crippen LogP contribution in [0.15, 0.2) is 12.7 Å². The van der Waals surface area contributed by atoms with Gasteiger partial charge in [-0.3, -0.25) is 0 Å². The first kappa shape index (κ1) is 15.7. The Labute approximate surface area is 134 Å². The Morgan fingerprint density at radius 2 is 1.10 bits per heavy atom. The molecule has 0 unspecified atom stereocenters. The van der Waals surface area contributed by atoms with Gasteiger partial charge in [0.1, 0.15) is 0 Å². The predicted octanol–water partition coefficient (Wildman–Crippen LogP) is 6.17. The Balaban J connectivity index is 1.88. The molecule has 3 aliphatic carbocycles. The van der Waals surface area contributed by atoms with Gasteiger partial charge in [0, 0.05) is 0 Å². The van der Waals surface area contributed by atoms with E-state index in [1.54, 1.807) is 77.0 Å². The molecule has 0 aromatic rings. The molecule has 0 aromatic carbocycles. The predicted molar refractivity (Wildman–Crippen MR) is 90.1 cm³/mol. The molecule has 20 heavy (non-hydrogen) atoms. The number of hydrogen-bond donors (Lipinski definition) is 0. The van der Waals surface area contributed by atoms with E-state index >= 15 is 0 Å². The Kier molecular flexibility index (Phi) is 5.81. The molecule has 0 nitrogen and oxygen atoms in total. The summed E-state index contributed by atoms with van der Waals surface area (Å²) in [5.74, 6) is 0. The first-order valence-electron chi connectivity index (χ1n) is 9.01. The van der Waals surface area contributed by atoms with Gasteiger partial charge in [-0.2, -0.15) is 0 Å². The Hall–Kier alpha value is 0.832. The van der Waals surface area contributed by atoms with Crippen molar-refractivity contribution in [3.05, 3.63) is 12.7 Å². The van der Waals surface area contributed by atoms with Crippen LogP contribution >= 0.6 is 5.45 Å².